The Morgan fingerprint density at radius 1 is 1.35 bits per heavy atom. The van der Waals surface area contributed by atoms with E-state index in [9.17, 15) is 0 Å². The third-order valence-electron chi connectivity index (χ3n) is 4.91. The van der Waals surface area contributed by atoms with Crippen molar-refractivity contribution in [3.63, 3.8) is 0 Å². The first kappa shape index (κ1) is 14.5. The lowest BCUT2D eigenvalue weighted by atomic mass is 9.78. The highest BCUT2D eigenvalue weighted by molar-refractivity contribution is 7.09. The van der Waals surface area contributed by atoms with E-state index in [2.05, 4.69) is 31.1 Å². The molecular weight excluding hydrogens is 266 g/mol. The van der Waals surface area contributed by atoms with E-state index < -0.39 is 0 Å². The van der Waals surface area contributed by atoms with Gasteiger partial charge in [0.2, 0.25) is 0 Å². The molecule has 1 saturated heterocycles. The standard InChI is InChI=1S/C16H27N3S/c1-16(2,3)14-10-20-15(18-14)9-19-7-11-5-4-6-13(17)12(11)8-19/h10-13H,4-9,17H2,1-3H3. The Kier molecular flexibility index (Phi) is 3.91. The van der Waals surface area contributed by atoms with Gasteiger partial charge in [0, 0.05) is 29.9 Å². The minimum Gasteiger partial charge on any atom is -0.327 e. The van der Waals surface area contributed by atoms with Crippen LogP contribution in [-0.2, 0) is 12.0 Å². The van der Waals surface area contributed by atoms with E-state index in [0.717, 1.165) is 18.4 Å². The zero-order chi connectivity index (χ0) is 14.3. The molecule has 2 aliphatic rings. The molecule has 0 bridgehead atoms. The summed E-state index contributed by atoms with van der Waals surface area (Å²) in [5.41, 5.74) is 7.69. The average Bonchev–Trinajstić information content (AvgIpc) is 2.96. The summed E-state index contributed by atoms with van der Waals surface area (Å²) < 4.78 is 0. The van der Waals surface area contributed by atoms with Gasteiger partial charge in [0.25, 0.3) is 0 Å². The van der Waals surface area contributed by atoms with Crippen LogP contribution in [0.2, 0.25) is 0 Å². The quantitative estimate of drug-likeness (QED) is 0.911. The zero-order valence-corrected chi connectivity index (χ0v) is 13.7. The van der Waals surface area contributed by atoms with Gasteiger partial charge in [0.15, 0.2) is 0 Å². The molecule has 1 saturated carbocycles. The van der Waals surface area contributed by atoms with Gasteiger partial charge >= 0.3 is 0 Å². The second kappa shape index (κ2) is 5.39. The normalized spacial score (nSPS) is 31.5. The van der Waals surface area contributed by atoms with Gasteiger partial charge in [0.05, 0.1) is 12.2 Å². The number of nitrogens with two attached hydrogens (primary N) is 1. The summed E-state index contributed by atoms with van der Waals surface area (Å²) in [5, 5.41) is 3.49. The van der Waals surface area contributed by atoms with Gasteiger partial charge in [-0.05, 0) is 24.7 Å². The Hall–Kier alpha value is -0.450. The van der Waals surface area contributed by atoms with Crippen LogP contribution in [0.25, 0.3) is 0 Å². The second-order valence-corrected chi connectivity index (χ2v) is 8.53. The smallest absolute Gasteiger partial charge is 0.107 e. The van der Waals surface area contributed by atoms with Gasteiger partial charge in [-0.1, -0.05) is 27.2 Å². The van der Waals surface area contributed by atoms with Gasteiger partial charge in [-0.3, -0.25) is 4.90 Å². The number of likely N-dealkylation sites (tertiary alicyclic amines) is 1. The summed E-state index contributed by atoms with van der Waals surface area (Å²) in [5.74, 6) is 1.56. The lowest BCUT2D eigenvalue weighted by Crippen LogP contribution is -2.38. The van der Waals surface area contributed by atoms with Gasteiger partial charge in [0.1, 0.15) is 5.01 Å². The van der Waals surface area contributed by atoms with Crippen LogP contribution in [0.1, 0.15) is 50.7 Å². The minimum atomic E-state index is 0.163. The molecule has 112 valence electrons. The second-order valence-electron chi connectivity index (χ2n) is 7.59. The summed E-state index contributed by atoms with van der Waals surface area (Å²) in [6.45, 7) is 10.1. The highest BCUT2D eigenvalue weighted by Gasteiger charge is 2.38. The van der Waals surface area contributed by atoms with E-state index >= 15 is 0 Å². The predicted octanol–water partition coefficient (Wildman–Crippen LogP) is 3.00. The van der Waals surface area contributed by atoms with Crippen LogP contribution in [0.15, 0.2) is 5.38 Å². The monoisotopic (exact) mass is 293 g/mol. The molecule has 1 aromatic heterocycles. The molecule has 0 amide bonds. The average molecular weight is 293 g/mol. The van der Waals surface area contributed by atoms with Crippen molar-refractivity contribution in [3.05, 3.63) is 16.1 Å². The summed E-state index contributed by atoms with van der Waals surface area (Å²) in [4.78, 5) is 7.40. The number of hydrogen-bond donors (Lipinski definition) is 1. The van der Waals surface area contributed by atoms with Crippen LogP contribution in [0, 0.1) is 11.8 Å². The largest absolute Gasteiger partial charge is 0.327 e. The molecule has 2 N–H and O–H groups in total. The van der Waals surface area contributed by atoms with Crippen molar-refractivity contribution in [2.24, 2.45) is 17.6 Å². The van der Waals surface area contributed by atoms with Crippen LogP contribution < -0.4 is 5.73 Å². The summed E-state index contributed by atoms with van der Waals surface area (Å²) in [7, 11) is 0. The van der Waals surface area contributed by atoms with Crippen molar-refractivity contribution in [1.29, 1.82) is 0 Å². The molecule has 20 heavy (non-hydrogen) atoms. The zero-order valence-electron chi connectivity index (χ0n) is 12.9. The Labute approximate surface area is 126 Å². The van der Waals surface area contributed by atoms with E-state index in [1.807, 2.05) is 11.3 Å². The molecule has 3 unspecified atom stereocenters. The molecule has 3 nitrogen and oxygen atoms in total. The molecular formula is C16H27N3S. The van der Waals surface area contributed by atoms with E-state index in [-0.39, 0.29) is 5.41 Å². The number of hydrogen-bond acceptors (Lipinski definition) is 4. The maximum atomic E-state index is 6.30. The molecule has 3 atom stereocenters. The van der Waals surface area contributed by atoms with Gasteiger partial charge in [-0.2, -0.15) is 0 Å². The first-order chi connectivity index (χ1) is 9.43. The summed E-state index contributed by atoms with van der Waals surface area (Å²) in [6.07, 6.45) is 3.92. The fourth-order valence-corrected chi connectivity index (χ4v) is 4.72. The molecule has 2 fully saturated rings. The number of thiazole rings is 1. The third kappa shape index (κ3) is 2.92. The first-order valence-corrected chi connectivity index (χ1v) is 8.74. The number of nitrogens with zero attached hydrogens (tertiary/aromatic N) is 2. The Morgan fingerprint density at radius 2 is 2.15 bits per heavy atom. The van der Waals surface area contributed by atoms with Crippen LogP contribution in [-0.4, -0.2) is 29.0 Å². The first-order valence-electron chi connectivity index (χ1n) is 7.86. The van der Waals surface area contributed by atoms with Gasteiger partial charge in [-0.25, -0.2) is 4.98 Å². The van der Waals surface area contributed by atoms with Crippen molar-refractivity contribution in [2.45, 2.75) is 58.0 Å². The van der Waals surface area contributed by atoms with Crippen LogP contribution >= 0.6 is 11.3 Å². The van der Waals surface area contributed by atoms with Crippen molar-refractivity contribution in [3.8, 4) is 0 Å². The fourth-order valence-electron chi connectivity index (χ4n) is 3.66. The van der Waals surface area contributed by atoms with Crippen molar-refractivity contribution >= 4 is 11.3 Å². The van der Waals surface area contributed by atoms with Gasteiger partial charge < -0.3 is 5.73 Å². The molecule has 1 aliphatic heterocycles. The lowest BCUT2D eigenvalue weighted by Gasteiger charge is -2.29. The van der Waals surface area contributed by atoms with Crippen LogP contribution in [0.5, 0.6) is 0 Å². The minimum absolute atomic E-state index is 0.163. The van der Waals surface area contributed by atoms with Crippen LogP contribution in [0.3, 0.4) is 0 Å². The number of rotatable bonds is 2. The van der Waals surface area contributed by atoms with E-state index in [4.69, 9.17) is 10.7 Å². The number of aromatic nitrogens is 1. The molecule has 1 aromatic rings. The van der Waals surface area contributed by atoms with Crippen LogP contribution in [0.4, 0.5) is 0 Å². The van der Waals surface area contributed by atoms with E-state index in [0.29, 0.717) is 6.04 Å². The maximum Gasteiger partial charge on any atom is 0.107 e. The SMILES string of the molecule is CC(C)(C)c1csc(CN2CC3CCCC(N)C3C2)n1. The molecule has 3 rings (SSSR count). The van der Waals surface area contributed by atoms with Crippen molar-refractivity contribution < 1.29 is 0 Å². The fraction of sp³-hybridized carbons (Fsp3) is 0.812. The van der Waals surface area contributed by atoms with E-state index in [1.165, 1.54) is 43.1 Å². The Morgan fingerprint density at radius 3 is 2.80 bits per heavy atom. The highest BCUT2D eigenvalue weighted by atomic mass is 32.1. The molecule has 0 aromatic carbocycles. The van der Waals surface area contributed by atoms with Gasteiger partial charge in [-0.15, -0.1) is 11.3 Å². The Balaban J connectivity index is 1.63. The molecule has 2 heterocycles. The summed E-state index contributed by atoms with van der Waals surface area (Å²) in [6, 6.07) is 0.431. The molecule has 0 spiro atoms. The highest BCUT2D eigenvalue weighted by Crippen LogP contribution is 2.36. The number of fused-ring (bicyclic) bond motifs is 1. The van der Waals surface area contributed by atoms with Crippen molar-refractivity contribution in [1.82, 2.24) is 9.88 Å². The molecule has 0 radical (unpaired) electrons. The molecule has 4 heteroatoms. The van der Waals surface area contributed by atoms with E-state index in [1.54, 1.807) is 0 Å². The Bertz CT molecular complexity index is 463. The van der Waals surface area contributed by atoms with Crippen molar-refractivity contribution in [2.75, 3.05) is 13.1 Å². The predicted molar refractivity (Wildman–Crippen MR) is 84.9 cm³/mol. The third-order valence-corrected chi connectivity index (χ3v) is 5.74. The molecule has 1 aliphatic carbocycles. The lowest BCUT2D eigenvalue weighted by molar-refractivity contribution is 0.259. The maximum absolute atomic E-state index is 6.30. The topological polar surface area (TPSA) is 42.1 Å². The summed E-state index contributed by atoms with van der Waals surface area (Å²) >= 11 is 1.81.